The van der Waals surface area contributed by atoms with Crippen molar-refractivity contribution in [1.82, 2.24) is 14.8 Å². The Bertz CT molecular complexity index is 766. The highest BCUT2D eigenvalue weighted by molar-refractivity contribution is 5.91. The van der Waals surface area contributed by atoms with E-state index in [4.69, 9.17) is 5.73 Å². The average Bonchev–Trinajstić information content (AvgIpc) is 2.77. The maximum atomic E-state index is 11.9. The fourth-order valence-electron chi connectivity index (χ4n) is 2.49. The normalized spacial score (nSPS) is 14.0. The molecule has 8 heteroatoms. The van der Waals surface area contributed by atoms with Gasteiger partial charge in [-0.1, -0.05) is 0 Å². The number of carbonyl (C=O) groups excluding carboxylic acids is 2. The maximum Gasteiger partial charge on any atom is 0.286 e. The molecule has 0 unspecified atom stereocenters. The Labute approximate surface area is 118 Å². The summed E-state index contributed by atoms with van der Waals surface area (Å²) in [5.41, 5.74) is 5.95. The van der Waals surface area contributed by atoms with Crippen LogP contribution in [0.2, 0.25) is 0 Å². The van der Waals surface area contributed by atoms with Gasteiger partial charge in [0.25, 0.3) is 5.91 Å². The maximum absolute atomic E-state index is 11.9. The first-order valence-corrected chi connectivity index (χ1v) is 6.27. The Kier molecular flexibility index (Phi) is 2.86. The second-order valence-electron chi connectivity index (χ2n) is 4.83. The molecule has 21 heavy (non-hydrogen) atoms. The second kappa shape index (κ2) is 4.58. The molecule has 0 saturated carbocycles. The number of hydrogen-bond acceptors (Lipinski definition) is 6. The molecule has 0 saturated heterocycles. The van der Waals surface area contributed by atoms with Gasteiger partial charge in [-0.3, -0.25) is 9.59 Å². The summed E-state index contributed by atoms with van der Waals surface area (Å²) in [6.45, 7) is 0.208. The molecule has 8 nitrogen and oxygen atoms in total. The van der Waals surface area contributed by atoms with E-state index in [1.165, 1.54) is 10.6 Å². The topological polar surface area (TPSA) is 131 Å². The van der Waals surface area contributed by atoms with E-state index >= 15 is 0 Å². The van der Waals surface area contributed by atoms with E-state index in [0.29, 0.717) is 5.56 Å². The first kappa shape index (κ1) is 13.1. The lowest BCUT2D eigenvalue weighted by Gasteiger charge is -2.16. The van der Waals surface area contributed by atoms with Crippen LogP contribution in [0, 0.1) is 0 Å². The standard InChI is InChI=1S/C13H12N4O4/c14-11(21)13-16-15-12-10-6(4-8(19)5-9(10)20)3-7(18)1-2-17(12)13/h4-5,19-20H,1-3H2,(H2,14,21). The van der Waals surface area contributed by atoms with Crippen molar-refractivity contribution in [3.8, 4) is 22.9 Å². The van der Waals surface area contributed by atoms with Crippen LogP contribution in [0.4, 0.5) is 0 Å². The third kappa shape index (κ3) is 2.10. The van der Waals surface area contributed by atoms with Crippen molar-refractivity contribution in [2.45, 2.75) is 19.4 Å². The smallest absolute Gasteiger partial charge is 0.286 e. The molecule has 4 N–H and O–H groups in total. The Morgan fingerprint density at radius 3 is 2.76 bits per heavy atom. The second-order valence-corrected chi connectivity index (χ2v) is 4.83. The van der Waals surface area contributed by atoms with Gasteiger partial charge in [-0.25, -0.2) is 0 Å². The molecule has 0 radical (unpaired) electrons. The van der Waals surface area contributed by atoms with E-state index in [0.717, 1.165) is 6.07 Å². The van der Waals surface area contributed by atoms with Crippen LogP contribution in [0.25, 0.3) is 11.4 Å². The van der Waals surface area contributed by atoms with Crippen LogP contribution in [-0.2, 0) is 17.8 Å². The lowest BCUT2D eigenvalue weighted by Crippen LogP contribution is -2.21. The van der Waals surface area contributed by atoms with E-state index in [2.05, 4.69) is 10.2 Å². The molecule has 1 aliphatic heterocycles. The molecule has 0 aliphatic carbocycles. The van der Waals surface area contributed by atoms with E-state index in [-0.39, 0.29) is 53.9 Å². The SMILES string of the molecule is NC(=O)c1nnc2n1CCC(=O)Cc1cc(O)cc(O)c1-2. The number of phenolic OH excluding ortho intramolecular Hbond substituents is 2. The minimum Gasteiger partial charge on any atom is -0.508 e. The van der Waals surface area contributed by atoms with Crippen molar-refractivity contribution < 1.29 is 19.8 Å². The van der Waals surface area contributed by atoms with Gasteiger partial charge in [0.2, 0.25) is 5.82 Å². The van der Waals surface area contributed by atoms with E-state index in [1.54, 1.807) is 0 Å². The number of nitrogens with zero attached hydrogens (tertiary/aromatic N) is 3. The first-order valence-electron chi connectivity index (χ1n) is 6.27. The van der Waals surface area contributed by atoms with Gasteiger partial charge in [-0.15, -0.1) is 10.2 Å². The summed E-state index contributed by atoms with van der Waals surface area (Å²) >= 11 is 0. The molecular formula is C13H12N4O4. The number of benzene rings is 1. The van der Waals surface area contributed by atoms with Crippen LogP contribution < -0.4 is 5.73 Å². The van der Waals surface area contributed by atoms with Gasteiger partial charge in [0.05, 0.1) is 5.56 Å². The fourth-order valence-corrected chi connectivity index (χ4v) is 2.49. The molecule has 0 bridgehead atoms. The molecule has 0 fully saturated rings. The van der Waals surface area contributed by atoms with Crippen molar-refractivity contribution in [3.05, 3.63) is 23.5 Å². The summed E-state index contributed by atoms with van der Waals surface area (Å²) in [6, 6.07) is 2.54. The highest BCUT2D eigenvalue weighted by atomic mass is 16.3. The lowest BCUT2D eigenvalue weighted by atomic mass is 9.97. The van der Waals surface area contributed by atoms with Gasteiger partial charge < -0.3 is 20.5 Å². The number of amides is 1. The fraction of sp³-hybridized carbons (Fsp3) is 0.231. The number of fused-ring (bicyclic) bond motifs is 3. The summed E-state index contributed by atoms with van der Waals surface area (Å²) in [7, 11) is 0. The summed E-state index contributed by atoms with van der Waals surface area (Å²) in [4.78, 5) is 23.3. The molecule has 2 heterocycles. The zero-order valence-electron chi connectivity index (χ0n) is 10.9. The van der Waals surface area contributed by atoms with Crippen molar-refractivity contribution in [1.29, 1.82) is 0 Å². The van der Waals surface area contributed by atoms with Crippen molar-refractivity contribution in [2.24, 2.45) is 5.73 Å². The number of primary amides is 1. The summed E-state index contributed by atoms with van der Waals surface area (Å²) in [5, 5.41) is 27.3. The minimum atomic E-state index is -0.762. The molecule has 108 valence electrons. The van der Waals surface area contributed by atoms with Crippen molar-refractivity contribution in [3.63, 3.8) is 0 Å². The molecule has 3 rings (SSSR count). The first-order chi connectivity index (χ1) is 9.97. The Morgan fingerprint density at radius 1 is 1.29 bits per heavy atom. The molecule has 2 aromatic rings. The highest BCUT2D eigenvalue weighted by Gasteiger charge is 2.26. The molecule has 1 aliphatic rings. The molecule has 0 atom stereocenters. The van der Waals surface area contributed by atoms with Gasteiger partial charge in [0.1, 0.15) is 17.3 Å². The Morgan fingerprint density at radius 2 is 2.05 bits per heavy atom. The van der Waals surface area contributed by atoms with Crippen molar-refractivity contribution >= 4 is 11.7 Å². The van der Waals surface area contributed by atoms with Crippen LogP contribution in [-0.4, -0.2) is 36.7 Å². The molecular weight excluding hydrogens is 276 g/mol. The van der Waals surface area contributed by atoms with Gasteiger partial charge in [-0.05, 0) is 11.6 Å². The summed E-state index contributed by atoms with van der Waals surface area (Å²) in [6.07, 6.45) is 0.247. The van der Waals surface area contributed by atoms with Crippen LogP contribution >= 0.6 is 0 Å². The number of ketones is 1. The number of aromatic nitrogens is 3. The van der Waals surface area contributed by atoms with Crippen LogP contribution in [0.3, 0.4) is 0 Å². The van der Waals surface area contributed by atoms with Crippen LogP contribution in [0.1, 0.15) is 22.6 Å². The monoisotopic (exact) mass is 288 g/mol. The van der Waals surface area contributed by atoms with E-state index in [9.17, 15) is 19.8 Å². The molecule has 1 amide bonds. The number of Topliss-reactive ketones (excluding diaryl/α,β-unsaturated/α-hetero) is 1. The zero-order valence-corrected chi connectivity index (χ0v) is 10.9. The largest absolute Gasteiger partial charge is 0.508 e. The predicted molar refractivity (Wildman–Crippen MR) is 70.6 cm³/mol. The van der Waals surface area contributed by atoms with Gasteiger partial charge in [0.15, 0.2) is 5.82 Å². The van der Waals surface area contributed by atoms with Crippen LogP contribution in [0.5, 0.6) is 11.5 Å². The lowest BCUT2D eigenvalue weighted by molar-refractivity contribution is -0.118. The van der Waals surface area contributed by atoms with Crippen molar-refractivity contribution in [2.75, 3.05) is 0 Å². The number of hydrogen-bond donors (Lipinski definition) is 3. The van der Waals surface area contributed by atoms with E-state index < -0.39 is 5.91 Å². The third-order valence-corrected chi connectivity index (χ3v) is 3.38. The van der Waals surface area contributed by atoms with Gasteiger partial charge in [0, 0.05) is 25.5 Å². The summed E-state index contributed by atoms with van der Waals surface area (Å²) < 4.78 is 1.41. The number of carbonyl (C=O) groups is 2. The minimum absolute atomic E-state index is 0.0655. The number of rotatable bonds is 1. The quantitative estimate of drug-likeness (QED) is 0.675. The molecule has 0 spiro atoms. The van der Waals surface area contributed by atoms with E-state index in [1.807, 2.05) is 0 Å². The summed E-state index contributed by atoms with van der Waals surface area (Å²) in [5.74, 6) is -1.05. The zero-order chi connectivity index (χ0) is 15.1. The Hall–Kier alpha value is -2.90. The molecule has 1 aromatic heterocycles. The third-order valence-electron chi connectivity index (χ3n) is 3.38. The highest BCUT2D eigenvalue weighted by Crippen LogP contribution is 2.37. The van der Waals surface area contributed by atoms with Gasteiger partial charge >= 0.3 is 0 Å². The number of phenols is 2. The predicted octanol–water partition coefficient (Wildman–Crippen LogP) is -0.0295. The van der Waals surface area contributed by atoms with Gasteiger partial charge in [-0.2, -0.15) is 0 Å². The number of aromatic hydroxyl groups is 2. The molecule has 1 aromatic carbocycles. The number of nitrogens with two attached hydrogens (primary N) is 1. The van der Waals surface area contributed by atoms with Crippen LogP contribution in [0.15, 0.2) is 12.1 Å². The average molecular weight is 288 g/mol. The Balaban J connectivity index is 2.31.